The van der Waals surface area contributed by atoms with Gasteiger partial charge in [-0.3, -0.25) is 9.59 Å². The molecule has 39 heavy (non-hydrogen) atoms. The highest BCUT2D eigenvalue weighted by molar-refractivity contribution is 6.30. The third-order valence-corrected chi connectivity index (χ3v) is 8.11. The van der Waals surface area contributed by atoms with Crippen LogP contribution in [-0.2, 0) is 29.0 Å². The summed E-state index contributed by atoms with van der Waals surface area (Å²) in [6.07, 6.45) is 1.03. The van der Waals surface area contributed by atoms with Gasteiger partial charge >= 0.3 is 0 Å². The minimum Gasteiger partial charge on any atom is -0.368 e. The summed E-state index contributed by atoms with van der Waals surface area (Å²) in [5.41, 5.74) is 5.92. The molecule has 2 amide bonds. The molecule has 5 rings (SSSR count). The van der Waals surface area contributed by atoms with E-state index in [1.54, 1.807) is 0 Å². The number of hydrogen-bond donors (Lipinski definition) is 2. The van der Waals surface area contributed by atoms with Gasteiger partial charge in [-0.2, -0.15) is 0 Å². The second-order valence-electron chi connectivity index (χ2n) is 10.8. The molecule has 0 bridgehead atoms. The van der Waals surface area contributed by atoms with Gasteiger partial charge in [-0.05, 0) is 52.8 Å². The molecule has 7 heteroatoms. The average Bonchev–Trinajstić information content (AvgIpc) is 2.97. The molecule has 1 saturated heterocycles. The first kappa shape index (κ1) is 27.2. The van der Waals surface area contributed by atoms with E-state index in [2.05, 4.69) is 65.8 Å². The molecule has 0 unspecified atom stereocenters. The molecule has 2 aliphatic rings. The van der Waals surface area contributed by atoms with E-state index in [0.29, 0.717) is 43.4 Å². The number of amides is 2. The lowest BCUT2D eigenvalue weighted by Gasteiger charge is -2.39. The van der Waals surface area contributed by atoms with E-state index in [-0.39, 0.29) is 17.9 Å². The largest absolute Gasteiger partial charge is 0.368 e. The number of para-hydroxylation sites is 1. The number of benzene rings is 3. The summed E-state index contributed by atoms with van der Waals surface area (Å²) >= 11 is 6.10. The zero-order valence-electron chi connectivity index (χ0n) is 22.7. The quantitative estimate of drug-likeness (QED) is 0.458. The lowest BCUT2D eigenvalue weighted by Crippen LogP contribution is -2.58. The number of rotatable bonds is 7. The summed E-state index contributed by atoms with van der Waals surface area (Å²) in [5.74, 6) is 0.257. The molecule has 2 atom stereocenters. The van der Waals surface area contributed by atoms with Gasteiger partial charge in [0.1, 0.15) is 6.04 Å². The van der Waals surface area contributed by atoms with Crippen LogP contribution >= 0.6 is 11.6 Å². The second-order valence-corrected chi connectivity index (χ2v) is 11.3. The first-order valence-electron chi connectivity index (χ1n) is 13.9. The van der Waals surface area contributed by atoms with Crippen molar-refractivity contribution in [3.8, 4) is 0 Å². The van der Waals surface area contributed by atoms with E-state index in [4.69, 9.17) is 11.6 Å². The van der Waals surface area contributed by atoms with Gasteiger partial charge in [0, 0.05) is 49.9 Å². The minimum atomic E-state index is -0.646. The Bertz CT molecular complexity index is 1300. The van der Waals surface area contributed by atoms with E-state index < -0.39 is 6.04 Å². The third-order valence-electron chi connectivity index (χ3n) is 7.86. The molecule has 6 nitrogen and oxygen atoms in total. The Morgan fingerprint density at radius 1 is 0.923 bits per heavy atom. The van der Waals surface area contributed by atoms with Gasteiger partial charge in [0.05, 0.1) is 6.04 Å². The molecule has 0 aliphatic carbocycles. The highest BCUT2D eigenvalue weighted by Crippen LogP contribution is 2.28. The van der Waals surface area contributed by atoms with Crippen LogP contribution in [0, 0.1) is 0 Å². The summed E-state index contributed by atoms with van der Waals surface area (Å²) in [5, 5.41) is 7.10. The summed E-state index contributed by atoms with van der Waals surface area (Å²) in [6.45, 7) is 7.82. The molecule has 0 aromatic heterocycles. The Balaban J connectivity index is 1.28. The van der Waals surface area contributed by atoms with Gasteiger partial charge < -0.3 is 20.4 Å². The van der Waals surface area contributed by atoms with Crippen molar-refractivity contribution in [2.75, 3.05) is 31.1 Å². The number of hydrogen-bond acceptors (Lipinski definition) is 4. The highest BCUT2D eigenvalue weighted by Gasteiger charge is 2.32. The summed E-state index contributed by atoms with van der Waals surface area (Å²) in [7, 11) is 0. The number of carbonyl (C=O) groups is 2. The van der Waals surface area contributed by atoms with Gasteiger partial charge in [-0.15, -0.1) is 0 Å². The first-order valence-corrected chi connectivity index (χ1v) is 14.2. The lowest BCUT2D eigenvalue weighted by molar-refractivity contribution is -0.137. The fourth-order valence-corrected chi connectivity index (χ4v) is 5.75. The normalized spacial score (nSPS) is 18.0. The molecule has 2 heterocycles. The van der Waals surface area contributed by atoms with E-state index in [1.165, 1.54) is 22.4 Å². The Hall–Kier alpha value is -3.35. The van der Waals surface area contributed by atoms with Crippen LogP contribution in [0.25, 0.3) is 0 Å². The number of carbonyl (C=O) groups excluding carboxylic acids is 2. The molecule has 0 spiro atoms. The Kier molecular flexibility index (Phi) is 8.53. The number of fused-ring (bicyclic) bond motifs is 1. The van der Waals surface area contributed by atoms with Crippen molar-refractivity contribution in [2.45, 2.75) is 51.2 Å². The first-order chi connectivity index (χ1) is 18.9. The van der Waals surface area contributed by atoms with Crippen LogP contribution in [0.5, 0.6) is 0 Å². The highest BCUT2D eigenvalue weighted by atomic mass is 35.5. The zero-order valence-corrected chi connectivity index (χ0v) is 23.5. The molecule has 204 valence electrons. The maximum atomic E-state index is 13.9. The van der Waals surface area contributed by atoms with Crippen molar-refractivity contribution in [1.29, 1.82) is 0 Å². The van der Waals surface area contributed by atoms with Gasteiger partial charge in [0.2, 0.25) is 11.8 Å². The van der Waals surface area contributed by atoms with Crippen molar-refractivity contribution in [3.63, 3.8) is 0 Å². The van der Waals surface area contributed by atoms with Crippen molar-refractivity contribution in [1.82, 2.24) is 15.5 Å². The third kappa shape index (κ3) is 6.45. The van der Waals surface area contributed by atoms with Crippen LogP contribution in [-0.4, -0.2) is 55.0 Å². The SMILES string of the molecule is CC(C)c1ccccc1N1CCN(C(=O)[C@@H](Cc2ccc(Cl)cc2)NC(=O)[C@H]2Cc3ccccc3CN2)CC1. The summed E-state index contributed by atoms with van der Waals surface area (Å²) in [4.78, 5) is 31.5. The van der Waals surface area contributed by atoms with Crippen LogP contribution in [0.4, 0.5) is 5.69 Å². The number of piperazine rings is 1. The zero-order chi connectivity index (χ0) is 27.4. The topological polar surface area (TPSA) is 64.7 Å². The average molecular weight is 545 g/mol. The predicted octanol–water partition coefficient (Wildman–Crippen LogP) is 4.55. The van der Waals surface area contributed by atoms with Crippen LogP contribution in [0.15, 0.2) is 72.8 Å². The lowest BCUT2D eigenvalue weighted by atomic mass is 9.95. The minimum absolute atomic E-state index is 0.0358. The van der Waals surface area contributed by atoms with Crippen molar-refractivity contribution in [3.05, 3.63) is 100 Å². The number of anilines is 1. The number of halogens is 1. The van der Waals surface area contributed by atoms with Crippen LogP contribution < -0.4 is 15.5 Å². The van der Waals surface area contributed by atoms with Gasteiger partial charge in [0.25, 0.3) is 0 Å². The molecular weight excluding hydrogens is 508 g/mol. The van der Waals surface area contributed by atoms with Crippen LogP contribution in [0.1, 0.15) is 42.0 Å². The van der Waals surface area contributed by atoms with Crippen LogP contribution in [0.3, 0.4) is 0 Å². The Labute approximate surface area is 236 Å². The Morgan fingerprint density at radius 2 is 1.59 bits per heavy atom. The van der Waals surface area contributed by atoms with Gasteiger partial charge in [-0.25, -0.2) is 0 Å². The monoisotopic (exact) mass is 544 g/mol. The summed E-state index contributed by atoms with van der Waals surface area (Å²) in [6, 6.07) is 23.2. The fraction of sp³-hybridized carbons (Fsp3) is 0.375. The molecule has 0 saturated carbocycles. The van der Waals surface area contributed by atoms with Crippen molar-refractivity contribution < 1.29 is 9.59 Å². The maximum Gasteiger partial charge on any atom is 0.245 e. The van der Waals surface area contributed by atoms with Gasteiger partial charge in [-0.1, -0.05) is 80.0 Å². The number of nitrogens with one attached hydrogen (secondary N) is 2. The van der Waals surface area contributed by atoms with E-state index in [9.17, 15) is 9.59 Å². The standard InChI is InChI=1S/C32H37ClN4O2/c1-22(2)27-9-5-6-10-30(27)36-15-17-37(18-16-36)32(39)29(19-23-11-13-26(33)14-12-23)35-31(38)28-20-24-7-3-4-8-25(24)21-34-28/h3-14,22,28-29,34H,15-21H2,1-2H3,(H,35,38)/t28-,29-/m1/s1. The maximum absolute atomic E-state index is 13.9. The number of nitrogens with zero attached hydrogens (tertiary/aromatic N) is 2. The predicted molar refractivity (Wildman–Crippen MR) is 157 cm³/mol. The molecule has 1 fully saturated rings. The molecular formula is C32H37ClN4O2. The molecule has 2 aliphatic heterocycles. The molecule has 2 N–H and O–H groups in total. The van der Waals surface area contributed by atoms with E-state index in [0.717, 1.165) is 18.7 Å². The Morgan fingerprint density at radius 3 is 2.31 bits per heavy atom. The van der Waals surface area contributed by atoms with Crippen molar-refractivity contribution in [2.24, 2.45) is 0 Å². The van der Waals surface area contributed by atoms with E-state index in [1.807, 2.05) is 41.3 Å². The van der Waals surface area contributed by atoms with Gasteiger partial charge in [0.15, 0.2) is 0 Å². The van der Waals surface area contributed by atoms with Crippen molar-refractivity contribution >= 4 is 29.1 Å². The molecule has 0 radical (unpaired) electrons. The van der Waals surface area contributed by atoms with Crippen LogP contribution in [0.2, 0.25) is 5.02 Å². The molecule has 3 aromatic rings. The summed E-state index contributed by atoms with van der Waals surface area (Å²) < 4.78 is 0. The second kappa shape index (κ2) is 12.2. The fourth-order valence-electron chi connectivity index (χ4n) is 5.62. The van der Waals surface area contributed by atoms with E-state index >= 15 is 0 Å². The molecule has 3 aromatic carbocycles. The smallest absolute Gasteiger partial charge is 0.245 e.